The highest BCUT2D eigenvalue weighted by Gasteiger charge is 2.22. The quantitative estimate of drug-likeness (QED) is 0.577. The van der Waals surface area contributed by atoms with Gasteiger partial charge in [0.05, 0.1) is 23.7 Å². The van der Waals surface area contributed by atoms with Gasteiger partial charge in [-0.15, -0.1) is 15.3 Å². The van der Waals surface area contributed by atoms with Crippen LogP contribution in [0.1, 0.15) is 42.2 Å². The lowest BCUT2D eigenvalue weighted by Crippen LogP contribution is -2.30. The molecule has 2 heterocycles. The second kappa shape index (κ2) is 5.46. The topological polar surface area (TPSA) is 107 Å². The smallest absolute Gasteiger partial charge is 0.176 e. The van der Waals surface area contributed by atoms with Crippen molar-refractivity contribution in [2.45, 2.75) is 32.2 Å². The highest BCUT2D eigenvalue weighted by molar-refractivity contribution is 7.05. The first kappa shape index (κ1) is 13.0. The van der Waals surface area contributed by atoms with Crippen LogP contribution in [0.25, 0.3) is 0 Å². The molecule has 0 fully saturated rings. The lowest BCUT2D eigenvalue weighted by atomic mass is 10.0. The van der Waals surface area contributed by atoms with E-state index >= 15 is 0 Å². The van der Waals surface area contributed by atoms with E-state index in [1.807, 2.05) is 0 Å². The van der Waals surface area contributed by atoms with Crippen molar-refractivity contribution in [3.8, 4) is 0 Å². The first-order valence-electron chi connectivity index (χ1n) is 5.63. The maximum absolute atomic E-state index is 5.61. The summed E-state index contributed by atoms with van der Waals surface area (Å²) >= 11 is 1.35. The number of nitrogens with zero attached hydrogens (tertiary/aromatic N) is 6. The Morgan fingerprint density at radius 1 is 1.39 bits per heavy atom. The van der Waals surface area contributed by atoms with Crippen molar-refractivity contribution in [1.82, 2.24) is 35.2 Å². The number of rotatable bonds is 5. The van der Waals surface area contributed by atoms with Gasteiger partial charge in [0.25, 0.3) is 0 Å². The molecule has 1 unspecified atom stereocenters. The minimum atomic E-state index is -0.0911. The predicted molar refractivity (Wildman–Crippen MR) is 66.6 cm³/mol. The summed E-state index contributed by atoms with van der Waals surface area (Å²) in [4.78, 5) is 2.46. The molecule has 1 atom stereocenters. The van der Waals surface area contributed by atoms with Crippen LogP contribution in [-0.4, -0.2) is 29.8 Å². The fraction of sp³-hybridized carbons (Fsp3) is 0.667. The van der Waals surface area contributed by atoms with E-state index in [4.69, 9.17) is 5.84 Å². The molecule has 3 N–H and O–H groups in total. The maximum Gasteiger partial charge on any atom is 0.176 e. The van der Waals surface area contributed by atoms with E-state index in [1.165, 1.54) is 16.3 Å². The molecule has 9 heteroatoms. The predicted octanol–water partition coefficient (Wildman–Crippen LogP) is -0.0679. The van der Waals surface area contributed by atoms with Gasteiger partial charge in [0.15, 0.2) is 5.82 Å². The normalized spacial score (nSPS) is 13.2. The number of aryl methyl sites for hydroxylation is 1. The van der Waals surface area contributed by atoms with Crippen LogP contribution in [0.15, 0.2) is 0 Å². The molecule has 2 rings (SSSR count). The molecular formula is C9H16N8S. The molecule has 0 radical (unpaired) electrons. The number of nitrogens with one attached hydrogen (secondary N) is 1. The van der Waals surface area contributed by atoms with Crippen LogP contribution in [0.5, 0.6) is 0 Å². The largest absolute Gasteiger partial charge is 0.271 e. The lowest BCUT2D eigenvalue weighted by Gasteiger charge is -2.14. The summed E-state index contributed by atoms with van der Waals surface area (Å²) in [7, 11) is 1.73. The van der Waals surface area contributed by atoms with Crippen molar-refractivity contribution in [2.75, 3.05) is 0 Å². The van der Waals surface area contributed by atoms with Gasteiger partial charge in [0, 0.05) is 6.42 Å². The Kier molecular flexibility index (Phi) is 3.94. The summed E-state index contributed by atoms with van der Waals surface area (Å²) in [5.74, 6) is 6.56. The van der Waals surface area contributed by atoms with Crippen molar-refractivity contribution in [3.05, 3.63) is 16.4 Å². The number of aromatic nitrogens is 6. The van der Waals surface area contributed by atoms with Gasteiger partial charge in [-0.25, -0.2) is 0 Å². The minimum Gasteiger partial charge on any atom is -0.271 e. The Balaban J connectivity index is 2.20. The Bertz CT molecular complexity index is 504. The first-order valence-corrected chi connectivity index (χ1v) is 6.40. The maximum atomic E-state index is 5.61. The summed E-state index contributed by atoms with van der Waals surface area (Å²) in [5.41, 5.74) is 3.74. The Hall–Kier alpha value is -1.45. The van der Waals surface area contributed by atoms with Gasteiger partial charge < -0.3 is 0 Å². The van der Waals surface area contributed by atoms with Crippen LogP contribution in [0.2, 0.25) is 0 Å². The number of nitrogens with two attached hydrogens (primary N) is 1. The zero-order valence-electron chi connectivity index (χ0n) is 10.5. The molecule has 0 amide bonds. The minimum absolute atomic E-state index is 0.0911. The van der Waals surface area contributed by atoms with Crippen LogP contribution < -0.4 is 11.3 Å². The third-order valence-electron chi connectivity index (χ3n) is 2.54. The first-order chi connectivity index (χ1) is 8.61. The molecular weight excluding hydrogens is 252 g/mol. The van der Waals surface area contributed by atoms with E-state index in [2.05, 4.69) is 44.3 Å². The highest BCUT2D eigenvalue weighted by Crippen LogP contribution is 2.27. The number of tetrazole rings is 1. The van der Waals surface area contributed by atoms with Gasteiger partial charge in [0.1, 0.15) is 0 Å². The SMILES string of the molecule is CC(C)c1nnsc1C(Cc1nnn(C)n1)NN. The molecule has 0 aliphatic rings. The average Bonchev–Trinajstić information content (AvgIpc) is 2.94. The number of hydrazine groups is 1. The van der Waals surface area contributed by atoms with Crippen LogP contribution >= 0.6 is 11.5 Å². The molecule has 8 nitrogen and oxygen atoms in total. The average molecular weight is 268 g/mol. The monoisotopic (exact) mass is 268 g/mol. The van der Waals surface area contributed by atoms with Crippen LogP contribution in [-0.2, 0) is 13.5 Å². The van der Waals surface area contributed by atoms with Crippen LogP contribution in [0.3, 0.4) is 0 Å². The van der Waals surface area contributed by atoms with E-state index in [9.17, 15) is 0 Å². The molecule has 18 heavy (non-hydrogen) atoms. The summed E-state index contributed by atoms with van der Waals surface area (Å²) in [6.45, 7) is 4.16. The van der Waals surface area contributed by atoms with Crippen LogP contribution in [0.4, 0.5) is 0 Å². The van der Waals surface area contributed by atoms with Crippen molar-refractivity contribution in [1.29, 1.82) is 0 Å². The Labute approximate surface area is 109 Å². The zero-order valence-corrected chi connectivity index (χ0v) is 11.3. The Morgan fingerprint density at radius 3 is 2.72 bits per heavy atom. The highest BCUT2D eigenvalue weighted by atomic mass is 32.1. The number of hydrogen-bond acceptors (Lipinski definition) is 8. The van der Waals surface area contributed by atoms with Gasteiger partial charge in [-0.3, -0.25) is 11.3 Å². The molecule has 98 valence electrons. The molecule has 0 aromatic carbocycles. The van der Waals surface area contributed by atoms with Gasteiger partial charge in [-0.05, 0) is 22.7 Å². The van der Waals surface area contributed by atoms with Crippen molar-refractivity contribution in [2.24, 2.45) is 12.9 Å². The fourth-order valence-electron chi connectivity index (χ4n) is 1.66. The molecule has 0 saturated heterocycles. The van der Waals surface area contributed by atoms with Crippen molar-refractivity contribution < 1.29 is 0 Å². The molecule has 0 bridgehead atoms. The molecule has 0 spiro atoms. The van der Waals surface area contributed by atoms with E-state index in [1.54, 1.807) is 7.05 Å². The molecule has 2 aromatic heterocycles. The third-order valence-corrected chi connectivity index (χ3v) is 3.39. The van der Waals surface area contributed by atoms with Crippen molar-refractivity contribution >= 4 is 11.5 Å². The van der Waals surface area contributed by atoms with E-state index in [0.29, 0.717) is 18.2 Å². The lowest BCUT2D eigenvalue weighted by molar-refractivity contribution is 0.536. The summed E-state index contributed by atoms with van der Waals surface area (Å²) < 4.78 is 3.99. The second-order valence-corrected chi connectivity index (χ2v) is 5.08. The van der Waals surface area contributed by atoms with Gasteiger partial charge in [-0.1, -0.05) is 18.3 Å². The van der Waals surface area contributed by atoms with Gasteiger partial charge in [-0.2, -0.15) is 4.80 Å². The van der Waals surface area contributed by atoms with Gasteiger partial charge in [0.2, 0.25) is 0 Å². The standard InChI is InChI=1S/C9H16N8S/c1-5(2)8-9(18-16-13-8)6(11-10)4-7-12-15-17(3)14-7/h5-6,11H,4,10H2,1-3H3. The third kappa shape index (κ3) is 2.68. The summed E-state index contributed by atoms with van der Waals surface area (Å²) in [6.07, 6.45) is 0.563. The summed E-state index contributed by atoms with van der Waals surface area (Å²) in [6, 6.07) is -0.0911. The van der Waals surface area contributed by atoms with E-state index < -0.39 is 0 Å². The van der Waals surface area contributed by atoms with E-state index in [0.717, 1.165) is 10.6 Å². The molecule has 2 aromatic rings. The Morgan fingerprint density at radius 2 is 2.17 bits per heavy atom. The molecule has 0 aliphatic carbocycles. The van der Waals surface area contributed by atoms with Gasteiger partial charge >= 0.3 is 0 Å². The van der Waals surface area contributed by atoms with E-state index in [-0.39, 0.29) is 6.04 Å². The summed E-state index contributed by atoms with van der Waals surface area (Å²) in [5, 5.41) is 16.0. The van der Waals surface area contributed by atoms with Crippen LogP contribution in [0, 0.1) is 0 Å². The molecule has 0 saturated carbocycles. The zero-order chi connectivity index (χ0) is 13.1. The van der Waals surface area contributed by atoms with Crippen molar-refractivity contribution in [3.63, 3.8) is 0 Å². The molecule has 0 aliphatic heterocycles. The fourth-order valence-corrected chi connectivity index (χ4v) is 2.53. The second-order valence-electron chi connectivity index (χ2n) is 4.30. The number of hydrogen-bond donors (Lipinski definition) is 2.